The molecule has 6 nitrogen and oxygen atoms in total. The quantitative estimate of drug-likeness (QED) is 0.367. The molecule has 0 saturated carbocycles. The number of anilines is 1. The van der Waals surface area contributed by atoms with Crippen molar-refractivity contribution in [1.82, 2.24) is 10.6 Å². The molecule has 0 aliphatic heterocycles. The van der Waals surface area contributed by atoms with E-state index >= 15 is 0 Å². The van der Waals surface area contributed by atoms with Crippen LogP contribution in [0.4, 0.5) is 18.9 Å². The van der Waals surface area contributed by atoms with Crippen molar-refractivity contribution in [3.63, 3.8) is 0 Å². The summed E-state index contributed by atoms with van der Waals surface area (Å²) >= 11 is 0. The maximum Gasteiger partial charge on any atom is 0.422 e. The van der Waals surface area contributed by atoms with Gasteiger partial charge in [0.1, 0.15) is 5.75 Å². The average molecular weight is 418 g/mol. The zero-order chi connectivity index (χ0) is 22.0. The van der Waals surface area contributed by atoms with Crippen molar-refractivity contribution in [2.45, 2.75) is 12.7 Å². The fourth-order valence-electron chi connectivity index (χ4n) is 2.33. The SMILES string of the molecule is C#Cc1cccc(NC(=O)CNC(=NC)NCc2ccc(OCC(F)(F)F)cc2)c1. The molecule has 2 aromatic carbocycles. The first-order valence-corrected chi connectivity index (χ1v) is 8.88. The van der Waals surface area contributed by atoms with E-state index in [4.69, 9.17) is 6.42 Å². The number of ether oxygens (including phenoxy) is 1. The van der Waals surface area contributed by atoms with Crippen molar-refractivity contribution in [3.8, 4) is 18.1 Å². The second-order valence-corrected chi connectivity index (χ2v) is 6.10. The van der Waals surface area contributed by atoms with Crippen LogP contribution in [0.25, 0.3) is 0 Å². The van der Waals surface area contributed by atoms with E-state index < -0.39 is 12.8 Å². The number of nitrogens with zero attached hydrogens (tertiary/aromatic N) is 1. The van der Waals surface area contributed by atoms with Gasteiger partial charge in [-0.15, -0.1) is 6.42 Å². The minimum absolute atomic E-state index is 0.0236. The maximum absolute atomic E-state index is 12.2. The molecule has 0 fully saturated rings. The van der Waals surface area contributed by atoms with Gasteiger partial charge < -0.3 is 20.7 Å². The fourth-order valence-corrected chi connectivity index (χ4v) is 2.33. The van der Waals surface area contributed by atoms with Crippen LogP contribution in [0, 0.1) is 12.3 Å². The molecule has 2 aromatic rings. The number of guanidine groups is 1. The highest BCUT2D eigenvalue weighted by Gasteiger charge is 2.28. The summed E-state index contributed by atoms with van der Waals surface area (Å²) in [7, 11) is 1.55. The fraction of sp³-hybridized carbons (Fsp3) is 0.238. The van der Waals surface area contributed by atoms with Gasteiger partial charge in [0.05, 0.1) is 6.54 Å². The number of carbonyl (C=O) groups excluding carboxylic acids is 1. The second-order valence-electron chi connectivity index (χ2n) is 6.10. The highest BCUT2D eigenvalue weighted by Crippen LogP contribution is 2.18. The summed E-state index contributed by atoms with van der Waals surface area (Å²) in [6.07, 6.45) is 0.956. The van der Waals surface area contributed by atoms with Crippen LogP contribution in [0.5, 0.6) is 5.75 Å². The molecule has 0 heterocycles. The first-order chi connectivity index (χ1) is 14.3. The van der Waals surface area contributed by atoms with Gasteiger partial charge in [-0.2, -0.15) is 13.2 Å². The molecule has 0 spiro atoms. The monoisotopic (exact) mass is 418 g/mol. The Morgan fingerprint density at radius 3 is 2.53 bits per heavy atom. The molecule has 3 N–H and O–H groups in total. The molecule has 0 saturated heterocycles. The average Bonchev–Trinajstić information content (AvgIpc) is 2.72. The molecule has 30 heavy (non-hydrogen) atoms. The van der Waals surface area contributed by atoms with Crippen LogP contribution in [-0.4, -0.2) is 38.2 Å². The molecule has 0 bridgehead atoms. The summed E-state index contributed by atoms with van der Waals surface area (Å²) in [6.45, 7) is -1.01. The number of halogens is 3. The maximum atomic E-state index is 12.2. The molecule has 0 unspecified atom stereocenters. The van der Waals surface area contributed by atoms with Gasteiger partial charge in [-0.05, 0) is 35.9 Å². The van der Waals surface area contributed by atoms with E-state index in [1.807, 2.05) is 0 Å². The smallest absolute Gasteiger partial charge is 0.422 e. The predicted octanol–water partition coefficient (Wildman–Crippen LogP) is 2.91. The van der Waals surface area contributed by atoms with Gasteiger partial charge in [-0.3, -0.25) is 9.79 Å². The van der Waals surface area contributed by atoms with Gasteiger partial charge in [0, 0.05) is 24.8 Å². The number of nitrogens with one attached hydrogen (secondary N) is 3. The van der Waals surface area contributed by atoms with Crippen molar-refractivity contribution in [2.24, 2.45) is 4.99 Å². The molecule has 0 aromatic heterocycles. The molecular weight excluding hydrogens is 397 g/mol. The summed E-state index contributed by atoms with van der Waals surface area (Å²) in [6, 6.07) is 13.1. The molecule has 0 aliphatic rings. The number of benzene rings is 2. The molecule has 0 radical (unpaired) electrons. The van der Waals surface area contributed by atoms with Gasteiger partial charge in [0.25, 0.3) is 0 Å². The van der Waals surface area contributed by atoms with Gasteiger partial charge in [-0.1, -0.05) is 24.1 Å². The topological polar surface area (TPSA) is 74.8 Å². The molecular formula is C21H21F3N4O2. The number of hydrogen-bond acceptors (Lipinski definition) is 3. The Morgan fingerprint density at radius 1 is 1.17 bits per heavy atom. The predicted molar refractivity (Wildman–Crippen MR) is 109 cm³/mol. The number of carbonyl (C=O) groups is 1. The van der Waals surface area contributed by atoms with Crippen molar-refractivity contribution >= 4 is 17.6 Å². The van der Waals surface area contributed by atoms with Crippen LogP contribution < -0.4 is 20.7 Å². The van der Waals surface area contributed by atoms with E-state index in [1.165, 1.54) is 12.1 Å². The van der Waals surface area contributed by atoms with Crippen LogP contribution >= 0.6 is 0 Å². The Labute approximate surface area is 172 Å². The summed E-state index contributed by atoms with van der Waals surface area (Å²) < 4.78 is 41.2. The van der Waals surface area contributed by atoms with Crippen LogP contribution in [0.3, 0.4) is 0 Å². The summed E-state index contributed by atoms with van der Waals surface area (Å²) in [4.78, 5) is 16.1. The van der Waals surface area contributed by atoms with Crippen molar-refractivity contribution in [2.75, 3.05) is 25.5 Å². The summed E-state index contributed by atoms with van der Waals surface area (Å²) in [5.41, 5.74) is 2.05. The van der Waals surface area contributed by atoms with Gasteiger partial charge in [0.2, 0.25) is 5.91 Å². The molecule has 0 aliphatic carbocycles. The van der Waals surface area contributed by atoms with E-state index in [2.05, 4.69) is 31.6 Å². The Hall–Kier alpha value is -3.67. The van der Waals surface area contributed by atoms with Gasteiger partial charge in [-0.25, -0.2) is 0 Å². The Bertz CT molecular complexity index is 919. The highest BCUT2D eigenvalue weighted by atomic mass is 19.4. The number of hydrogen-bond donors (Lipinski definition) is 3. The lowest BCUT2D eigenvalue weighted by atomic mass is 10.2. The number of aliphatic imine (C=N–C) groups is 1. The standard InChI is InChI=1S/C21H21F3N4O2/c1-3-15-5-4-6-17(11-15)28-19(29)13-27-20(25-2)26-12-16-7-9-18(10-8-16)30-14-21(22,23)24/h1,4-11H,12-14H2,2H3,(H,28,29)(H2,25,26,27). The van der Waals surface area contributed by atoms with Crippen LogP contribution in [0.2, 0.25) is 0 Å². The lowest BCUT2D eigenvalue weighted by molar-refractivity contribution is -0.153. The Balaban J connectivity index is 1.77. The minimum Gasteiger partial charge on any atom is -0.484 e. The zero-order valence-electron chi connectivity index (χ0n) is 16.2. The first-order valence-electron chi connectivity index (χ1n) is 8.88. The second kappa shape index (κ2) is 10.8. The molecule has 9 heteroatoms. The van der Waals surface area contributed by atoms with Crippen LogP contribution in [0.15, 0.2) is 53.5 Å². The largest absolute Gasteiger partial charge is 0.484 e. The zero-order valence-corrected chi connectivity index (χ0v) is 16.2. The van der Waals surface area contributed by atoms with Crippen molar-refractivity contribution < 1.29 is 22.7 Å². The van der Waals surface area contributed by atoms with E-state index in [0.29, 0.717) is 23.8 Å². The third kappa shape index (κ3) is 8.14. The Morgan fingerprint density at radius 2 is 1.90 bits per heavy atom. The van der Waals surface area contributed by atoms with Crippen LogP contribution in [-0.2, 0) is 11.3 Å². The summed E-state index contributed by atoms with van der Waals surface area (Å²) in [5, 5.41) is 8.61. The van der Waals surface area contributed by atoms with E-state index in [-0.39, 0.29) is 18.2 Å². The summed E-state index contributed by atoms with van der Waals surface area (Å²) in [5.74, 6) is 2.73. The normalized spacial score (nSPS) is 11.4. The lowest BCUT2D eigenvalue weighted by Gasteiger charge is -2.13. The Kier molecular flexibility index (Phi) is 8.11. The third-order valence-corrected chi connectivity index (χ3v) is 3.74. The van der Waals surface area contributed by atoms with Crippen LogP contribution in [0.1, 0.15) is 11.1 Å². The molecule has 1 amide bonds. The minimum atomic E-state index is -4.38. The van der Waals surface area contributed by atoms with Gasteiger partial charge >= 0.3 is 6.18 Å². The van der Waals surface area contributed by atoms with Crippen molar-refractivity contribution in [3.05, 3.63) is 59.7 Å². The molecule has 158 valence electrons. The highest BCUT2D eigenvalue weighted by molar-refractivity contribution is 5.95. The molecule has 0 atom stereocenters. The molecule has 2 rings (SSSR count). The first kappa shape index (κ1) is 22.6. The van der Waals surface area contributed by atoms with E-state index in [1.54, 1.807) is 43.4 Å². The van der Waals surface area contributed by atoms with E-state index in [0.717, 1.165) is 5.56 Å². The van der Waals surface area contributed by atoms with Crippen molar-refractivity contribution in [1.29, 1.82) is 0 Å². The number of terminal acetylenes is 1. The number of amides is 1. The number of rotatable bonds is 7. The van der Waals surface area contributed by atoms with E-state index in [9.17, 15) is 18.0 Å². The lowest BCUT2D eigenvalue weighted by Crippen LogP contribution is -2.41. The third-order valence-electron chi connectivity index (χ3n) is 3.74. The van der Waals surface area contributed by atoms with Gasteiger partial charge in [0.15, 0.2) is 12.6 Å². The number of alkyl halides is 3.